The minimum atomic E-state index is -3.96. The lowest BCUT2D eigenvalue weighted by Gasteiger charge is -2.06. The van der Waals surface area contributed by atoms with Gasteiger partial charge in [0.15, 0.2) is 0 Å². The summed E-state index contributed by atoms with van der Waals surface area (Å²) in [7, 11) is -3.96. The second-order valence-electron chi connectivity index (χ2n) is 6.90. The average Bonchev–Trinajstić information content (AvgIpc) is 3.16. The minimum Gasteiger partial charge on any atom is -0.358 e. The molecule has 31 heavy (non-hydrogen) atoms. The van der Waals surface area contributed by atoms with Gasteiger partial charge in [0, 0.05) is 6.08 Å². The standard InChI is InChI=1S/C22H23N3O5S/c1-3-18-6-8-19(9-7-18)10-13-21-23-16-22(25(26)27)24(21)14-15-30-31(28,29)20-11-4-17(2)5-12-20/h4-13,16H,3,14-15H2,1-2H3/b13-10+. The number of nitrogens with zero attached hydrogens (tertiary/aromatic N) is 3. The molecular weight excluding hydrogens is 418 g/mol. The van der Waals surface area contributed by atoms with E-state index < -0.39 is 15.0 Å². The molecule has 0 atom stereocenters. The molecule has 1 aromatic heterocycles. The molecule has 0 unspecified atom stereocenters. The van der Waals surface area contributed by atoms with Crippen LogP contribution in [0.1, 0.15) is 29.4 Å². The van der Waals surface area contributed by atoms with Crippen LogP contribution in [-0.4, -0.2) is 29.5 Å². The van der Waals surface area contributed by atoms with Gasteiger partial charge in [-0.3, -0.25) is 4.18 Å². The van der Waals surface area contributed by atoms with Gasteiger partial charge < -0.3 is 10.1 Å². The maximum Gasteiger partial charge on any atom is 0.343 e. The van der Waals surface area contributed by atoms with Crippen LogP contribution < -0.4 is 0 Å². The fraction of sp³-hybridized carbons (Fsp3) is 0.227. The third-order valence-electron chi connectivity index (χ3n) is 4.73. The van der Waals surface area contributed by atoms with Crippen LogP contribution in [0.4, 0.5) is 5.82 Å². The Morgan fingerprint density at radius 2 is 1.77 bits per heavy atom. The van der Waals surface area contributed by atoms with Gasteiger partial charge >= 0.3 is 5.82 Å². The van der Waals surface area contributed by atoms with Crippen molar-refractivity contribution in [2.45, 2.75) is 31.7 Å². The van der Waals surface area contributed by atoms with E-state index in [4.69, 9.17) is 4.18 Å². The lowest BCUT2D eigenvalue weighted by Crippen LogP contribution is -2.14. The van der Waals surface area contributed by atoms with E-state index >= 15 is 0 Å². The summed E-state index contributed by atoms with van der Waals surface area (Å²) in [5.74, 6) is 0.0971. The predicted octanol–water partition coefficient (Wildman–Crippen LogP) is 4.24. The summed E-state index contributed by atoms with van der Waals surface area (Å²) < 4.78 is 31.1. The maximum absolute atomic E-state index is 12.3. The van der Waals surface area contributed by atoms with Crippen molar-refractivity contribution >= 4 is 28.1 Å². The van der Waals surface area contributed by atoms with Crippen molar-refractivity contribution in [3.05, 3.63) is 87.4 Å². The molecule has 0 amide bonds. The number of hydrogen-bond donors (Lipinski definition) is 0. The summed E-state index contributed by atoms with van der Waals surface area (Å²) in [5, 5.41) is 11.4. The van der Waals surface area contributed by atoms with Crippen molar-refractivity contribution in [1.82, 2.24) is 9.55 Å². The Kier molecular flexibility index (Phi) is 6.98. The lowest BCUT2D eigenvalue weighted by molar-refractivity contribution is -0.392. The maximum atomic E-state index is 12.3. The zero-order valence-electron chi connectivity index (χ0n) is 17.3. The molecule has 0 fully saturated rings. The Labute approximate surface area is 181 Å². The number of hydrogen-bond acceptors (Lipinski definition) is 6. The zero-order valence-corrected chi connectivity index (χ0v) is 18.1. The molecular formula is C22H23N3O5S. The van der Waals surface area contributed by atoms with Gasteiger partial charge in [0.2, 0.25) is 5.82 Å². The number of nitro groups is 1. The van der Waals surface area contributed by atoms with Gasteiger partial charge in [-0.05, 0) is 47.6 Å². The lowest BCUT2D eigenvalue weighted by atomic mass is 10.1. The Morgan fingerprint density at radius 1 is 1.10 bits per heavy atom. The molecule has 162 valence electrons. The Morgan fingerprint density at radius 3 is 2.39 bits per heavy atom. The molecule has 0 aliphatic rings. The molecule has 0 spiro atoms. The summed E-state index contributed by atoms with van der Waals surface area (Å²) in [5.41, 5.74) is 3.06. The molecule has 3 rings (SSSR count). The highest BCUT2D eigenvalue weighted by atomic mass is 32.2. The molecule has 3 aromatic rings. The van der Waals surface area contributed by atoms with E-state index in [-0.39, 0.29) is 23.9 Å². The van der Waals surface area contributed by atoms with Gasteiger partial charge in [0.05, 0.1) is 4.90 Å². The van der Waals surface area contributed by atoms with Gasteiger partial charge in [-0.1, -0.05) is 48.9 Å². The first-order chi connectivity index (χ1) is 14.8. The van der Waals surface area contributed by atoms with E-state index in [1.165, 1.54) is 22.3 Å². The molecule has 8 nitrogen and oxygen atoms in total. The van der Waals surface area contributed by atoms with Crippen LogP contribution >= 0.6 is 0 Å². The predicted molar refractivity (Wildman–Crippen MR) is 118 cm³/mol. The van der Waals surface area contributed by atoms with Gasteiger partial charge in [0.1, 0.15) is 19.3 Å². The molecule has 0 N–H and O–H groups in total. The molecule has 0 radical (unpaired) electrons. The SMILES string of the molecule is CCc1ccc(/C=C/c2ncc([N+](=O)[O-])n2CCOS(=O)(=O)c2ccc(C)cc2)cc1. The van der Waals surface area contributed by atoms with Gasteiger partial charge in [0.25, 0.3) is 10.1 Å². The summed E-state index contributed by atoms with van der Waals surface area (Å²) in [6.45, 7) is 3.61. The van der Waals surface area contributed by atoms with Crippen LogP contribution in [-0.2, 0) is 27.3 Å². The first-order valence-electron chi connectivity index (χ1n) is 9.73. The number of aromatic nitrogens is 2. The fourth-order valence-corrected chi connectivity index (χ4v) is 3.83. The first kappa shape index (κ1) is 22.4. The molecule has 1 heterocycles. The largest absolute Gasteiger partial charge is 0.358 e. The fourth-order valence-electron chi connectivity index (χ4n) is 2.93. The Hall–Kier alpha value is -3.30. The first-order valence-corrected chi connectivity index (χ1v) is 11.1. The summed E-state index contributed by atoms with van der Waals surface area (Å²) in [6.07, 6.45) is 5.54. The van der Waals surface area contributed by atoms with E-state index in [1.807, 2.05) is 31.2 Å². The van der Waals surface area contributed by atoms with Crippen LogP contribution in [0.3, 0.4) is 0 Å². The van der Waals surface area contributed by atoms with Gasteiger partial charge in [-0.2, -0.15) is 8.42 Å². The number of aryl methyl sites for hydroxylation is 2. The van der Waals surface area contributed by atoms with E-state index in [0.717, 1.165) is 23.7 Å². The van der Waals surface area contributed by atoms with Crippen molar-refractivity contribution in [1.29, 1.82) is 0 Å². The Balaban J connectivity index is 1.75. The number of rotatable bonds is 9. The normalized spacial score (nSPS) is 11.8. The molecule has 0 aliphatic heterocycles. The second kappa shape index (κ2) is 9.67. The van der Waals surface area contributed by atoms with Crippen LogP contribution in [0.25, 0.3) is 12.2 Å². The smallest absolute Gasteiger partial charge is 0.343 e. The summed E-state index contributed by atoms with van der Waals surface area (Å²) in [6, 6.07) is 14.2. The summed E-state index contributed by atoms with van der Waals surface area (Å²) >= 11 is 0. The molecule has 2 aromatic carbocycles. The highest BCUT2D eigenvalue weighted by Gasteiger charge is 2.21. The zero-order chi connectivity index (χ0) is 22.4. The molecule has 0 saturated heterocycles. The van der Waals surface area contributed by atoms with E-state index in [1.54, 1.807) is 24.3 Å². The van der Waals surface area contributed by atoms with Gasteiger partial charge in [-0.25, -0.2) is 9.55 Å². The van der Waals surface area contributed by atoms with Crippen molar-refractivity contribution in [2.24, 2.45) is 0 Å². The molecule has 0 aliphatic carbocycles. The van der Waals surface area contributed by atoms with Crippen molar-refractivity contribution in [3.63, 3.8) is 0 Å². The van der Waals surface area contributed by atoms with Crippen molar-refractivity contribution in [3.8, 4) is 0 Å². The van der Waals surface area contributed by atoms with Crippen LogP contribution in [0, 0.1) is 17.0 Å². The number of imidazole rings is 1. The molecule has 0 saturated carbocycles. The highest BCUT2D eigenvalue weighted by molar-refractivity contribution is 7.86. The monoisotopic (exact) mass is 441 g/mol. The van der Waals surface area contributed by atoms with Gasteiger partial charge in [-0.15, -0.1) is 0 Å². The highest BCUT2D eigenvalue weighted by Crippen LogP contribution is 2.18. The third-order valence-corrected chi connectivity index (χ3v) is 6.05. The van der Waals surface area contributed by atoms with E-state index in [9.17, 15) is 18.5 Å². The van der Waals surface area contributed by atoms with Crippen LogP contribution in [0.5, 0.6) is 0 Å². The van der Waals surface area contributed by atoms with E-state index in [0.29, 0.717) is 5.82 Å². The number of benzene rings is 2. The molecule has 0 bridgehead atoms. The Bertz CT molecular complexity index is 1180. The topological polar surface area (TPSA) is 104 Å². The second-order valence-corrected chi connectivity index (χ2v) is 8.52. The summed E-state index contributed by atoms with van der Waals surface area (Å²) in [4.78, 5) is 14.9. The average molecular weight is 442 g/mol. The third kappa shape index (κ3) is 5.65. The minimum absolute atomic E-state index is 0.0360. The van der Waals surface area contributed by atoms with Crippen LogP contribution in [0.2, 0.25) is 0 Å². The van der Waals surface area contributed by atoms with E-state index in [2.05, 4.69) is 11.9 Å². The molecule has 9 heteroatoms. The quantitative estimate of drug-likeness (QED) is 0.279. The van der Waals surface area contributed by atoms with Crippen molar-refractivity contribution < 1.29 is 17.5 Å². The van der Waals surface area contributed by atoms with Crippen LogP contribution in [0.15, 0.2) is 59.6 Å². The van der Waals surface area contributed by atoms with Crippen molar-refractivity contribution in [2.75, 3.05) is 6.61 Å².